The monoisotopic (exact) mass is 369 g/mol. The van der Waals surface area contributed by atoms with Crippen molar-refractivity contribution < 1.29 is 14.5 Å². The number of hydrazone groups is 1. The lowest BCUT2D eigenvalue weighted by Crippen LogP contribution is -2.32. The van der Waals surface area contributed by atoms with Crippen LogP contribution in [0.2, 0.25) is 0 Å². The van der Waals surface area contributed by atoms with Crippen LogP contribution >= 0.6 is 11.3 Å². The van der Waals surface area contributed by atoms with Gasteiger partial charge in [-0.05, 0) is 12.1 Å². The highest BCUT2D eigenvalue weighted by molar-refractivity contribution is 7.22. The highest BCUT2D eigenvalue weighted by Crippen LogP contribution is 2.25. The van der Waals surface area contributed by atoms with Crippen LogP contribution in [0.5, 0.6) is 0 Å². The molecule has 10 heteroatoms. The first kappa shape index (κ1) is 17.2. The Morgan fingerprint density at radius 3 is 2.73 bits per heavy atom. The van der Waals surface area contributed by atoms with Gasteiger partial charge in [-0.3, -0.25) is 25.0 Å². The predicted octanol–water partition coefficient (Wildman–Crippen LogP) is 2.29. The van der Waals surface area contributed by atoms with Crippen molar-refractivity contribution in [3.63, 3.8) is 0 Å². The second kappa shape index (κ2) is 7.49. The lowest BCUT2D eigenvalue weighted by atomic mass is 10.2. The fraction of sp³-hybridized carbons (Fsp3) is 0. The highest BCUT2D eigenvalue weighted by Gasteiger charge is 2.15. The summed E-state index contributed by atoms with van der Waals surface area (Å²) in [4.78, 5) is 38.0. The molecule has 3 rings (SSSR count). The Morgan fingerprint density at radius 1 is 1.15 bits per heavy atom. The van der Waals surface area contributed by atoms with Gasteiger partial charge in [-0.1, -0.05) is 35.6 Å². The van der Waals surface area contributed by atoms with Crippen LogP contribution in [0.15, 0.2) is 53.6 Å². The number of non-ortho nitro benzene ring substituents is 1. The number of amides is 2. The molecule has 0 bridgehead atoms. The van der Waals surface area contributed by atoms with Crippen LogP contribution in [-0.4, -0.2) is 27.9 Å². The van der Waals surface area contributed by atoms with Gasteiger partial charge in [0.2, 0.25) is 0 Å². The molecule has 0 fully saturated rings. The number of carbonyl (C=O) groups is 2. The largest absolute Gasteiger partial charge is 0.329 e. The van der Waals surface area contributed by atoms with Gasteiger partial charge in [-0.25, -0.2) is 10.4 Å². The number of benzene rings is 2. The average Bonchev–Trinajstić information content (AvgIpc) is 3.04. The van der Waals surface area contributed by atoms with Gasteiger partial charge in [0.15, 0.2) is 5.13 Å². The number of nitrogens with zero attached hydrogens (tertiary/aromatic N) is 3. The summed E-state index contributed by atoms with van der Waals surface area (Å²) < 4.78 is 0.881. The number of fused-ring (bicyclic) bond motifs is 1. The Morgan fingerprint density at radius 2 is 1.96 bits per heavy atom. The molecule has 0 unspecified atom stereocenters. The molecule has 26 heavy (non-hydrogen) atoms. The second-order valence-electron chi connectivity index (χ2n) is 4.99. The number of anilines is 1. The highest BCUT2D eigenvalue weighted by atomic mass is 32.1. The van der Waals surface area contributed by atoms with E-state index in [-0.39, 0.29) is 5.69 Å². The summed E-state index contributed by atoms with van der Waals surface area (Å²) in [6, 6.07) is 13.0. The van der Waals surface area contributed by atoms with Crippen LogP contribution in [0.25, 0.3) is 10.2 Å². The van der Waals surface area contributed by atoms with Gasteiger partial charge in [0.1, 0.15) is 0 Å². The van der Waals surface area contributed by atoms with Gasteiger partial charge >= 0.3 is 11.8 Å². The van der Waals surface area contributed by atoms with E-state index in [9.17, 15) is 19.7 Å². The molecule has 0 saturated heterocycles. The number of nitro groups is 1. The Balaban J connectivity index is 1.59. The van der Waals surface area contributed by atoms with Gasteiger partial charge in [0.05, 0.1) is 21.4 Å². The first-order valence-corrected chi connectivity index (χ1v) is 8.09. The summed E-state index contributed by atoms with van der Waals surface area (Å²) in [7, 11) is 0. The van der Waals surface area contributed by atoms with Gasteiger partial charge < -0.3 is 0 Å². The summed E-state index contributed by atoms with van der Waals surface area (Å²) in [6.45, 7) is 0. The Kier molecular flexibility index (Phi) is 4.94. The van der Waals surface area contributed by atoms with E-state index in [1.807, 2.05) is 18.2 Å². The molecule has 0 radical (unpaired) electrons. The Bertz CT molecular complexity index is 997. The first-order chi connectivity index (χ1) is 12.5. The number of carbonyl (C=O) groups excluding carboxylic acids is 2. The minimum atomic E-state index is -0.981. The Labute approximate surface area is 150 Å². The zero-order valence-electron chi connectivity index (χ0n) is 13.1. The number of aromatic nitrogens is 1. The maximum absolute atomic E-state index is 11.9. The third kappa shape index (κ3) is 4.05. The van der Waals surface area contributed by atoms with Crippen molar-refractivity contribution in [3.8, 4) is 0 Å². The molecule has 0 spiro atoms. The molecule has 2 amide bonds. The molecule has 130 valence electrons. The van der Waals surface area contributed by atoms with E-state index in [4.69, 9.17) is 0 Å². The van der Waals surface area contributed by atoms with E-state index in [1.54, 1.807) is 12.1 Å². The lowest BCUT2D eigenvalue weighted by Gasteiger charge is -1.99. The second-order valence-corrected chi connectivity index (χ2v) is 6.02. The smallest absolute Gasteiger partial charge is 0.294 e. The van der Waals surface area contributed by atoms with Gasteiger partial charge in [-0.2, -0.15) is 5.10 Å². The van der Waals surface area contributed by atoms with E-state index < -0.39 is 16.7 Å². The predicted molar refractivity (Wildman–Crippen MR) is 97.1 cm³/mol. The number of nitrogens with one attached hydrogen (secondary N) is 2. The van der Waals surface area contributed by atoms with E-state index in [0.717, 1.165) is 10.2 Å². The quantitative estimate of drug-likeness (QED) is 0.316. The maximum Gasteiger partial charge on any atom is 0.329 e. The summed E-state index contributed by atoms with van der Waals surface area (Å²) >= 11 is 1.24. The van der Waals surface area contributed by atoms with Crippen LogP contribution in [0.4, 0.5) is 10.8 Å². The van der Waals surface area contributed by atoms with Crippen molar-refractivity contribution in [2.75, 3.05) is 5.32 Å². The van der Waals surface area contributed by atoms with E-state index in [0.29, 0.717) is 10.7 Å². The number of rotatable bonds is 4. The molecule has 0 saturated carbocycles. The summed E-state index contributed by atoms with van der Waals surface area (Å²) in [6.07, 6.45) is 1.20. The van der Waals surface area contributed by atoms with Crippen molar-refractivity contribution in [1.82, 2.24) is 10.4 Å². The normalized spacial score (nSPS) is 10.8. The minimum Gasteiger partial charge on any atom is -0.294 e. The number of nitro benzene ring substituents is 1. The van der Waals surface area contributed by atoms with E-state index in [2.05, 4.69) is 20.8 Å². The van der Waals surface area contributed by atoms with Gasteiger partial charge in [0.25, 0.3) is 5.69 Å². The molecule has 3 aromatic rings. The van der Waals surface area contributed by atoms with Crippen LogP contribution < -0.4 is 10.7 Å². The first-order valence-electron chi connectivity index (χ1n) is 7.27. The number of para-hydroxylation sites is 1. The fourth-order valence-electron chi connectivity index (χ4n) is 2.01. The number of hydrogen-bond donors (Lipinski definition) is 2. The molecule has 2 N–H and O–H groups in total. The maximum atomic E-state index is 11.9. The van der Waals surface area contributed by atoms with Gasteiger partial charge in [-0.15, -0.1) is 0 Å². The standard InChI is InChI=1S/C16H11N5O4S/c22-14(19-16-18-12-6-1-2-7-13(12)26-16)15(23)20-17-9-10-4-3-5-11(8-10)21(24)25/h1-9H,(H,20,23)(H,18,19,22)/b17-9-. The topological polar surface area (TPSA) is 127 Å². The molecular weight excluding hydrogens is 358 g/mol. The molecule has 0 atom stereocenters. The molecule has 0 aliphatic rings. The zero-order valence-corrected chi connectivity index (χ0v) is 13.9. The molecule has 0 aliphatic heterocycles. The molecule has 2 aromatic carbocycles. The summed E-state index contributed by atoms with van der Waals surface area (Å²) in [5.41, 5.74) is 3.08. The van der Waals surface area contributed by atoms with Crippen LogP contribution in [-0.2, 0) is 9.59 Å². The lowest BCUT2D eigenvalue weighted by molar-refractivity contribution is -0.384. The van der Waals surface area contributed by atoms with Gasteiger partial charge in [0, 0.05) is 17.7 Å². The number of hydrogen-bond acceptors (Lipinski definition) is 7. The third-order valence-electron chi connectivity index (χ3n) is 3.18. The molecular formula is C16H11N5O4S. The van der Waals surface area contributed by atoms with E-state index in [1.165, 1.54) is 35.8 Å². The van der Waals surface area contributed by atoms with Crippen LogP contribution in [0.3, 0.4) is 0 Å². The molecule has 0 aliphatic carbocycles. The number of thiazole rings is 1. The van der Waals surface area contributed by atoms with E-state index >= 15 is 0 Å². The molecule has 9 nitrogen and oxygen atoms in total. The van der Waals surface area contributed by atoms with Crippen molar-refractivity contribution in [2.24, 2.45) is 5.10 Å². The van der Waals surface area contributed by atoms with Crippen molar-refractivity contribution in [3.05, 3.63) is 64.2 Å². The third-order valence-corrected chi connectivity index (χ3v) is 4.13. The minimum absolute atomic E-state index is 0.103. The van der Waals surface area contributed by atoms with Crippen molar-refractivity contribution >= 4 is 50.4 Å². The summed E-state index contributed by atoms with van der Waals surface area (Å²) in [5.74, 6) is -1.90. The van der Waals surface area contributed by atoms with Crippen molar-refractivity contribution in [2.45, 2.75) is 0 Å². The molecule has 1 heterocycles. The van der Waals surface area contributed by atoms with Crippen LogP contribution in [0.1, 0.15) is 5.56 Å². The van der Waals surface area contributed by atoms with Crippen molar-refractivity contribution in [1.29, 1.82) is 0 Å². The average molecular weight is 369 g/mol. The SMILES string of the molecule is O=C(N/N=C\c1cccc([N+](=O)[O-])c1)C(=O)Nc1nc2ccccc2s1. The Hall–Kier alpha value is -3.66. The summed E-state index contributed by atoms with van der Waals surface area (Å²) in [5, 5.41) is 17.0. The van der Waals surface area contributed by atoms with Crippen LogP contribution in [0, 0.1) is 10.1 Å². The zero-order chi connectivity index (χ0) is 18.5. The fourth-order valence-corrected chi connectivity index (χ4v) is 2.88. The molecule has 1 aromatic heterocycles.